The maximum Gasteiger partial charge on any atom is 0.134 e. The van der Waals surface area contributed by atoms with E-state index in [9.17, 15) is 4.79 Å². The number of hydrogen-bond donors (Lipinski definition) is 1. The minimum atomic E-state index is 0.159. The molecule has 0 aliphatic carbocycles. The summed E-state index contributed by atoms with van der Waals surface area (Å²) in [5.74, 6) is 1.04. The molecular weight excluding hydrogens is 256 g/mol. The van der Waals surface area contributed by atoms with Crippen molar-refractivity contribution < 1.29 is 4.79 Å². The van der Waals surface area contributed by atoms with Gasteiger partial charge in [-0.3, -0.25) is 4.79 Å². The Labute approximate surface area is 96.0 Å². The van der Waals surface area contributed by atoms with Crippen molar-refractivity contribution in [1.82, 2.24) is 9.97 Å². The highest BCUT2D eigenvalue weighted by Gasteiger charge is 2.07. The predicted molar refractivity (Wildman–Crippen MR) is 62.9 cm³/mol. The summed E-state index contributed by atoms with van der Waals surface area (Å²) in [5.41, 5.74) is 2.90. The van der Waals surface area contributed by atoms with E-state index in [2.05, 4.69) is 25.9 Å². The fourth-order valence-electron chi connectivity index (χ4n) is 1.61. The van der Waals surface area contributed by atoms with E-state index >= 15 is 0 Å². The summed E-state index contributed by atoms with van der Waals surface area (Å²) in [7, 11) is 0. The number of Topliss-reactive ketones (excluding diaryl/α,β-unsaturated/α-hetero) is 1. The number of carbonyl (C=O) groups excluding carboxylic acids is 1. The number of imidazole rings is 1. The smallest absolute Gasteiger partial charge is 0.134 e. The first kappa shape index (κ1) is 10.4. The Hall–Kier alpha value is -1.16. The molecule has 78 valence electrons. The summed E-state index contributed by atoms with van der Waals surface area (Å²) in [6, 6.07) is 3.91. The molecule has 2 aromatic rings. The third-order valence-corrected chi connectivity index (χ3v) is 2.95. The molecule has 1 heterocycles. The van der Waals surface area contributed by atoms with E-state index < -0.39 is 0 Å². The van der Waals surface area contributed by atoms with E-state index in [0.29, 0.717) is 6.42 Å². The van der Waals surface area contributed by atoms with Gasteiger partial charge in [-0.1, -0.05) is 15.9 Å². The standard InChI is InChI=1S/C11H11BrN2O/c1-6(15)3-8-4-10-11(5-9(8)12)14-7(2)13-10/h4-5H,3H2,1-2H3,(H,13,14). The van der Waals surface area contributed by atoms with Gasteiger partial charge in [-0.15, -0.1) is 0 Å². The number of H-pyrrole nitrogens is 1. The molecular formula is C11H11BrN2O. The van der Waals surface area contributed by atoms with Crippen LogP contribution in [0.15, 0.2) is 16.6 Å². The summed E-state index contributed by atoms with van der Waals surface area (Å²) in [5, 5.41) is 0. The zero-order valence-corrected chi connectivity index (χ0v) is 10.2. The first-order valence-electron chi connectivity index (χ1n) is 4.70. The van der Waals surface area contributed by atoms with Gasteiger partial charge >= 0.3 is 0 Å². The van der Waals surface area contributed by atoms with Crippen LogP contribution in [0.25, 0.3) is 11.0 Å². The SMILES string of the molecule is CC(=O)Cc1cc2[nH]c(C)nc2cc1Br. The predicted octanol–water partition coefficient (Wildman–Crippen LogP) is 2.77. The van der Waals surface area contributed by atoms with E-state index in [-0.39, 0.29) is 5.78 Å². The van der Waals surface area contributed by atoms with Crippen molar-refractivity contribution in [2.24, 2.45) is 0 Å². The van der Waals surface area contributed by atoms with E-state index in [0.717, 1.165) is 26.9 Å². The molecule has 0 saturated heterocycles. The maximum atomic E-state index is 11.1. The van der Waals surface area contributed by atoms with Crippen molar-refractivity contribution >= 4 is 32.7 Å². The summed E-state index contributed by atoms with van der Waals surface area (Å²) >= 11 is 3.45. The molecule has 0 aliphatic heterocycles. The van der Waals surface area contributed by atoms with Crippen LogP contribution in [-0.4, -0.2) is 15.8 Å². The Bertz CT molecular complexity index is 531. The molecule has 15 heavy (non-hydrogen) atoms. The maximum absolute atomic E-state index is 11.1. The van der Waals surface area contributed by atoms with Gasteiger partial charge in [-0.2, -0.15) is 0 Å². The first-order valence-corrected chi connectivity index (χ1v) is 5.50. The molecule has 0 spiro atoms. The highest BCUT2D eigenvalue weighted by molar-refractivity contribution is 9.10. The van der Waals surface area contributed by atoms with Gasteiger partial charge in [0.1, 0.15) is 11.6 Å². The van der Waals surface area contributed by atoms with Gasteiger partial charge < -0.3 is 4.98 Å². The van der Waals surface area contributed by atoms with Gasteiger partial charge in [0.15, 0.2) is 0 Å². The Kier molecular flexibility index (Phi) is 2.61. The number of fused-ring (bicyclic) bond motifs is 1. The molecule has 0 radical (unpaired) electrons. The van der Waals surface area contributed by atoms with E-state index in [1.807, 2.05) is 19.1 Å². The van der Waals surface area contributed by atoms with Gasteiger partial charge in [-0.05, 0) is 31.5 Å². The Morgan fingerprint density at radius 1 is 1.53 bits per heavy atom. The van der Waals surface area contributed by atoms with E-state index in [4.69, 9.17) is 0 Å². The number of nitrogens with zero attached hydrogens (tertiary/aromatic N) is 1. The number of nitrogens with one attached hydrogen (secondary N) is 1. The minimum Gasteiger partial charge on any atom is -0.342 e. The molecule has 0 saturated carbocycles. The summed E-state index contributed by atoms with van der Waals surface area (Å²) < 4.78 is 0.941. The van der Waals surface area contributed by atoms with Crippen LogP contribution in [0.1, 0.15) is 18.3 Å². The average molecular weight is 267 g/mol. The van der Waals surface area contributed by atoms with Crippen molar-refractivity contribution in [3.63, 3.8) is 0 Å². The first-order chi connectivity index (χ1) is 7.06. The van der Waals surface area contributed by atoms with Crippen LogP contribution >= 0.6 is 15.9 Å². The zero-order valence-electron chi connectivity index (χ0n) is 8.60. The molecule has 0 unspecified atom stereocenters. The lowest BCUT2D eigenvalue weighted by molar-refractivity contribution is -0.116. The minimum absolute atomic E-state index is 0.159. The molecule has 4 heteroatoms. The third-order valence-electron chi connectivity index (χ3n) is 2.21. The highest BCUT2D eigenvalue weighted by atomic mass is 79.9. The molecule has 1 aromatic heterocycles. The van der Waals surface area contributed by atoms with Gasteiger partial charge in [0.25, 0.3) is 0 Å². The molecule has 0 fully saturated rings. The lowest BCUT2D eigenvalue weighted by atomic mass is 10.1. The van der Waals surface area contributed by atoms with Crippen LogP contribution in [0.4, 0.5) is 0 Å². The molecule has 1 aromatic carbocycles. The average Bonchev–Trinajstić information content (AvgIpc) is 2.44. The number of hydrogen-bond acceptors (Lipinski definition) is 2. The molecule has 0 amide bonds. The van der Waals surface area contributed by atoms with Gasteiger partial charge in [-0.25, -0.2) is 4.98 Å². The van der Waals surface area contributed by atoms with Crippen LogP contribution in [0.3, 0.4) is 0 Å². The normalized spacial score (nSPS) is 10.9. The van der Waals surface area contributed by atoms with Crippen molar-refractivity contribution in [3.8, 4) is 0 Å². The molecule has 2 rings (SSSR count). The Balaban J connectivity index is 2.55. The number of aromatic amines is 1. The number of carbonyl (C=O) groups is 1. The van der Waals surface area contributed by atoms with Crippen molar-refractivity contribution in [2.75, 3.05) is 0 Å². The van der Waals surface area contributed by atoms with Gasteiger partial charge in [0.05, 0.1) is 11.0 Å². The summed E-state index contributed by atoms with van der Waals surface area (Å²) in [6.07, 6.45) is 0.453. The Morgan fingerprint density at radius 3 is 2.93 bits per heavy atom. The summed E-state index contributed by atoms with van der Waals surface area (Å²) in [6.45, 7) is 3.51. The number of halogens is 1. The number of aryl methyl sites for hydroxylation is 1. The van der Waals surface area contributed by atoms with Crippen LogP contribution in [-0.2, 0) is 11.2 Å². The zero-order chi connectivity index (χ0) is 11.0. The largest absolute Gasteiger partial charge is 0.342 e. The van der Waals surface area contributed by atoms with Gasteiger partial charge in [0.2, 0.25) is 0 Å². The van der Waals surface area contributed by atoms with E-state index in [1.54, 1.807) is 6.92 Å². The summed E-state index contributed by atoms with van der Waals surface area (Å²) in [4.78, 5) is 18.5. The lowest BCUT2D eigenvalue weighted by Crippen LogP contribution is -1.97. The second-order valence-electron chi connectivity index (χ2n) is 3.66. The van der Waals surface area contributed by atoms with Crippen LogP contribution in [0, 0.1) is 6.92 Å². The fourth-order valence-corrected chi connectivity index (χ4v) is 2.08. The van der Waals surface area contributed by atoms with Crippen molar-refractivity contribution in [1.29, 1.82) is 0 Å². The topological polar surface area (TPSA) is 45.8 Å². The van der Waals surface area contributed by atoms with Crippen molar-refractivity contribution in [3.05, 3.63) is 28.0 Å². The second kappa shape index (κ2) is 3.77. The van der Waals surface area contributed by atoms with Crippen molar-refractivity contribution in [2.45, 2.75) is 20.3 Å². The molecule has 1 N–H and O–H groups in total. The van der Waals surface area contributed by atoms with Crippen LogP contribution in [0.5, 0.6) is 0 Å². The lowest BCUT2D eigenvalue weighted by Gasteiger charge is -2.01. The van der Waals surface area contributed by atoms with Crippen LogP contribution in [0.2, 0.25) is 0 Å². The number of aromatic nitrogens is 2. The number of benzene rings is 1. The Morgan fingerprint density at radius 2 is 2.27 bits per heavy atom. The third kappa shape index (κ3) is 2.09. The number of ketones is 1. The second-order valence-corrected chi connectivity index (χ2v) is 4.52. The monoisotopic (exact) mass is 266 g/mol. The molecule has 0 bridgehead atoms. The quantitative estimate of drug-likeness (QED) is 0.909. The van der Waals surface area contributed by atoms with E-state index in [1.165, 1.54) is 0 Å². The molecule has 0 atom stereocenters. The number of rotatable bonds is 2. The van der Waals surface area contributed by atoms with Crippen LogP contribution < -0.4 is 0 Å². The fraction of sp³-hybridized carbons (Fsp3) is 0.273. The molecule has 0 aliphatic rings. The van der Waals surface area contributed by atoms with Gasteiger partial charge in [0, 0.05) is 10.9 Å². The highest BCUT2D eigenvalue weighted by Crippen LogP contribution is 2.23. The molecule has 3 nitrogen and oxygen atoms in total.